The molecule has 4 aromatic carbocycles. The van der Waals surface area contributed by atoms with Crippen LogP contribution < -0.4 is 15.4 Å². The standard InChI is InChI=1S/C34H21Cl2FN6O3/c35-21-5-9-29-25(14-21)32(34(44)42-29)43-40-16-24-7-11-30(46-24)20-4-8-28-26(13-20)33(39-18-38-28)41-23-6-10-31(27(36)15-23)45-17-19-2-1-3-22(37)12-19/h1-16,18H,17H2,(H,38,39,41)(H,42,43,44)/b40-16+. The second-order valence-electron chi connectivity index (χ2n) is 10.2. The van der Waals surface area contributed by atoms with E-state index in [1.54, 1.807) is 48.5 Å². The maximum Gasteiger partial charge on any atom is 0.276 e. The van der Waals surface area contributed by atoms with Crippen molar-refractivity contribution in [3.05, 3.63) is 130 Å². The molecule has 0 radical (unpaired) electrons. The van der Waals surface area contributed by atoms with Crippen LogP contribution in [0.2, 0.25) is 10.0 Å². The van der Waals surface area contributed by atoms with Crippen LogP contribution in [-0.2, 0) is 11.4 Å². The van der Waals surface area contributed by atoms with E-state index in [4.69, 9.17) is 32.4 Å². The van der Waals surface area contributed by atoms with Crippen molar-refractivity contribution in [2.24, 2.45) is 10.2 Å². The summed E-state index contributed by atoms with van der Waals surface area (Å²) in [6.07, 6.45) is 2.90. The van der Waals surface area contributed by atoms with E-state index < -0.39 is 0 Å². The van der Waals surface area contributed by atoms with Gasteiger partial charge in [0.25, 0.3) is 5.91 Å². The Hall–Kier alpha value is -5.58. The van der Waals surface area contributed by atoms with Gasteiger partial charge in [0.2, 0.25) is 0 Å². The van der Waals surface area contributed by atoms with Crippen LogP contribution in [0.15, 0.2) is 112 Å². The summed E-state index contributed by atoms with van der Waals surface area (Å²) in [4.78, 5) is 21.2. The number of amides is 1. The molecule has 1 amide bonds. The lowest BCUT2D eigenvalue weighted by Crippen LogP contribution is -2.13. The van der Waals surface area contributed by atoms with Gasteiger partial charge >= 0.3 is 0 Å². The molecule has 12 heteroatoms. The summed E-state index contributed by atoms with van der Waals surface area (Å²) < 4.78 is 25.3. The third kappa shape index (κ3) is 6.16. The number of furan rings is 1. The van der Waals surface area contributed by atoms with Gasteiger partial charge in [0.1, 0.15) is 41.8 Å². The Morgan fingerprint density at radius 1 is 0.978 bits per heavy atom. The first kappa shape index (κ1) is 29.1. The summed E-state index contributed by atoms with van der Waals surface area (Å²) in [5, 5.41) is 15.8. The smallest absolute Gasteiger partial charge is 0.276 e. The van der Waals surface area contributed by atoms with Gasteiger partial charge in [0.15, 0.2) is 5.71 Å². The van der Waals surface area contributed by atoms with Crippen LogP contribution in [0.25, 0.3) is 22.2 Å². The van der Waals surface area contributed by atoms with E-state index >= 15 is 0 Å². The third-order valence-corrected chi connectivity index (χ3v) is 7.60. The topological polar surface area (TPSA) is 114 Å². The SMILES string of the molecule is O=C1Nc2ccc(Cl)cc2/C1=N\N=C\c1ccc(-c2ccc3ncnc(Nc4ccc(OCc5cccc(F)c5)c(Cl)c4)c3c2)o1. The van der Waals surface area contributed by atoms with Crippen molar-refractivity contribution >= 4 is 69.1 Å². The van der Waals surface area contributed by atoms with Crippen molar-refractivity contribution in [2.75, 3.05) is 10.6 Å². The van der Waals surface area contributed by atoms with Crippen LogP contribution >= 0.6 is 23.2 Å². The van der Waals surface area contributed by atoms with Gasteiger partial charge in [-0.25, -0.2) is 14.4 Å². The summed E-state index contributed by atoms with van der Waals surface area (Å²) in [6, 6.07) is 25.8. The number of nitrogens with zero attached hydrogens (tertiary/aromatic N) is 4. The zero-order valence-electron chi connectivity index (χ0n) is 23.7. The van der Waals surface area contributed by atoms with Gasteiger partial charge in [-0.1, -0.05) is 35.3 Å². The lowest BCUT2D eigenvalue weighted by Gasteiger charge is -2.12. The normalized spacial score (nSPS) is 13.4. The molecule has 6 aromatic rings. The minimum absolute atomic E-state index is 0.169. The molecule has 0 saturated heterocycles. The molecule has 1 aliphatic heterocycles. The number of fused-ring (bicyclic) bond motifs is 2. The van der Waals surface area contributed by atoms with Crippen LogP contribution in [0, 0.1) is 5.82 Å². The molecule has 3 heterocycles. The number of ether oxygens (including phenoxy) is 1. The maximum absolute atomic E-state index is 13.5. The van der Waals surface area contributed by atoms with Crippen molar-refractivity contribution in [1.29, 1.82) is 0 Å². The Bertz CT molecular complexity index is 2200. The molecule has 226 valence electrons. The number of halogens is 3. The van der Waals surface area contributed by atoms with Crippen molar-refractivity contribution in [2.45, 2.75) is 6.61 Å². The van der Waals surface area contributed by atoms with Crippen LogP contribution in [0.1, 0.15) is 16.9 Å². The molecule has 9 nitrogen and oxygen atoms in total. The molecule has 0 fully saturated rings. The summed E-state index contributed by atoms with van der Waals surface area (Å²) in [7, 11) is 0. The van der Waals surface area contributed by atoms with Crippen LogP contribution in [0.5, 0.6) is 5.75 Å². The lowest BCUT2D eigenvalue weighted by atomic mass is 10.1. The molecule has 0 spiro atoms. The van der Waals surface area contributed by atoms with Gasteiger partial charge in [0.05, 0.1) is 22.4 Å². The number of nitrogens with one attached hydrogen (secondary N) is 2. The first-order valence-electron chi connectivity index (χ1n) is 13.9. The highest BCUT2D eigenvalue weighted by molar-refractivity contribution is 6.54. The van der Waals surface area contributed by atoms with Crippen molar-refractivity contribution in [1.82, 2.24) is 9.97 Å². The number of anilines is 3. The lowest BCUT2D eigenvalue weighted by molar-refractivity contribution is -0.110. The fraction of sp³-hybridized carbons (Fsp3) is 0.0294. The number of aromatic nitrogens is 2. The molecular formula is C34H21Cl2FN6O3. The molecule has 2 N–H and O–H groups in total. The average molecular weight is 651 g/mol. The molecule has 0 atom stereocenters. The van der Waals surface area contributed by atoms with Gasteiger partial charge < -0.3 is 19.8 Å². The molecule has 46 heavy (non-hydrogen) atoms. The van der Waals surface area contributed by atoms with Crippen molar-refractivity contribution < 1.29 is 18.3 Å². The zero-order chi connectivity index (χ0) is 31.6. The summed E-state index contributed by atoms with van der Waals surface area (Å²) in [6.45, 7) is 0.180. The molecule has 1 aliphatic rings. The Kier molecular flexibility index (Phi) is 7.88. The predicted molar refractivity (Wildman–Crippen MR) is 177 cm³/mol. The molecule has 7 rings (SSSR count). The van der Waals surface area contributed by atoms with E-state index in [1.165, 1.54) is 24.7 Å². The van der Waals surface area contributed by atoms with Gasteiger partial charge in [0, 0.05) is 27.2 Å². The highest BCUT2D eigenvalue weighted by Gasteiger charge is 2.26. The van der Waals surface area contributed by atoms with E-state index in [9.17, 15) is 9.18 Å². The number of benzene rings is 4. The monoisotopic (exact) mass is 650 g/mol. The number of carbonyl (C=O) groups excluding carboxylic acids is 1. The Balaban J connectivity index is 1.08. The molecule has 0 bridgehead atoms. The van der Waals surface area contributed by atoms with Crippen molar-refractivity contribution in [3.63, 3.8) is 0 Å². The highest BCUT2D eigenvalue weighted by atomic mass is 35.5. The van der Waals surface area contributed by atoms with E-state index in [2.05, 4.69) is 30.8 Å². The Morgan fingerprint density at radius 3 is 2.76 bits per heavy atom. The quantitative estimate of drug-likeness (QED) is 0.126. The maximum atomic E-state index is 13.5. The minimum atomic E-state index is -0.357. The number of rotatable bonds is 8. The summed E-state index contributed by atoms with van der Waals surface area (Å²) in [5.74, 6) is 1.38. The number of carbonyl (C=O) groups is 1. The number of hydrogen-bond acceptors (Lipinski definition) is 8. The largest absolute Gasteiger partial charge is 0.487 e. The second kappa shape index (κ2) is 12.4. The van der Waals surface area contributed by atoms with Gasteiger partial charge in [-0.05, 0) is 84.4 Å². The van der Waals surface area contributed by atoms with E-state index in [-0.39, 0.29) is 24.0 Å². The zero-order valence-corrected chi connectivity index (χ0v) is 25.2. The number of hydrogen-bond donors (Lipinski definition) is 2. The second-order valence-corrected chi connectivity index (χ2v) is 11.0. The van der Waals surface area contributed by atoms with E-state index in [0.717, 1.165) is 16.5 Å². The Labute approximate surface area is 271 Å². The molecule has 0 saturated carbocycles. The van der Waals surface area contributed by atoms with Crippen LogP contribution in [-0.4, -0.2) is 27.8 Å². The fourth-order valence-corrected chi connectivity index (χ4v) is 5.28. The summed E-state index contributed by atoms with van der Waals surface area (Å²) in [5.41, 5.74) is 4.28. The average Bonchev–Trinajstić information content (AvgIpc) is 3.64. The molecule has 2 aromatic heterocycles. The molecule has 0 aliphatic carbocycles. The van der Waals surface area contributed by atoms with E-state index in [1.807, 2.05) is 30.3 Å². The molecule has 0 unspecified atom stereocenters. The minimum Gasteiger partial charge on any atom is -0.487 e. The van der Waals surface area contributed by atoms with Gasteiger partial charge in [-0.3, -0.25) is 4.79 Å². The fourth-order valence-electron chi connectivity index (χ4n) is 4.88. The predicted octanol–water partition coefficient (Wildman–Crippen LogP) is 8.43. The third-order valence-electron chi connectivity index (χ3n) is 7.07. The first-order valence-corrected chi connectivity index (χ1v) is 14.7. The summed E-state index contributed by atoms with van der Waals surface area (Å²) >= 11 is 12.6. The molecular weight excluding hydrogens is 630 g/mol. The van der Waals surface area contributed by atoms with Crippen molar-refractivity contribution in [3.8, 4) is 17.1 Å². The van der Waals surface area contributed by atoms with E-state index in [0.29, 0.717) is 55.6 Å². The Morgan fingerprint density at radius 2 is 1.89 bits per heavy atom. The first-order chi connectivity index (χ1) is 22.4. The van der Waals surface area contributed by atoms with Gasteiger partial charge in [-0.2, -0.15) is 5.10 Å². The highest BCUT2D eigenvalue weighted by Crippen LogP contribution is 2.33. The van der Waals surface area contributed by atoms with Crippen LogP contribution in [0.4, 0.5) is 21.6 Å². The van der Waals surface area contributed by atoms with Crippen LogP contribution in [0.3, 0.4) is 0 Å². The van der Waals surface area contributed by atoms with Gasteiger partial charge in [-0.15, -0.1) is 5.10 Å².